The molecule has 4 rings (SSSR count). The smallest absolute Gasteiger partial charge is 0.300 e. The molecule has 23 heavy (non-hydrogen) atoms. The summed E-state index contributed by atoms with van der Waals surface area (Å²) in [5.41, 5.74) is 1.01. The molecule has 1 aromatic carbocycles. The van der Waals surface area contributed by atoms with Crippen molar-refractivity contribution in [3.05, 3.63) is 48.2 Å². The number of Topliss-reactive ketones (excluding diaryl/α,β-unsaturated/α-hetero) is 1. The van der Waals surface area contributed by atoms with Crippen molar-refractivity contribution in [1.82, 2.24) is 10.2 Å². The molecule has 0 unspecified atom stereocenters. The molecule has 2 aromatic heterocycles. The quantitative estimate of drug-likeness (QED) is 0.537. The number of carbonyl (C=O) groups is 2. The first-order chi connectivity index (χ1) is 11.2. The monoisotopic (exact) mass is 327 g/mol. The second-order valence-electron chi connectivity index (χ2n) is 4.70. The van der Waals surface area contributed by atoms with E-state index in [1.165, 1.54) is 22.9 Å². The van der Waals surface area contributed by atoms with Crippen LogP contribution in [0.2, 0.25) is 0 Å². The van der Waals surface area contributed by atoms with E-state index < -0.39 is 11.7 Å². The summed E-state index contributed by atoms with van der Waals surface area (Å²) < 4.78 is 10.6. The van der Waals surface area contributed by atoms with Crippen molar-refractivity contribution in [2.45, 2.75) is 5.22 Å². The van der Waals surface area contributed by atoms with Crippen LogP contribution in [0.5, 0.6) is 0 Å². The van der Waals surface area contributed by atoms with E-state index in [1.807, 2.05) is 0 Å². The number of hydrogen-bond donors (Lipinski definition) is 0. The van der Waals surface area contributed by atoms with E-state index in [-0.39, 0.29) is 11.8 Å². The average Bonchev–Trinajstić information content (AvgIpc) is 3.29. The predicted octanol–water partition coefficient (Wildman–Crippen LogP) is 2.61. The SMILES string of the molecule is O=C1C(=O)N(CSc2nnc(-c3ccco3)o2)c2ccccc21. The third-order valence-electron chi connectivity index (χ3n) is 3.33. The van der Waals surface area contributed by atoms with E-state index in [4.69, 9.17) is 8.83 Å². The van der Waals surface area contributed by atoms with Crippen molar-refractivity contribution in [1.29, 1.82) is 0 Å². The van der Waals surface area contributed by atoms with E-state index in [1.54, 1.807) is 36.4 Å². The highest BCUT2D eigenvalue weighted by molar-refractivity contribution is 7.99. The summed E-state index contributed by atoms with van der Waals surface area (Å²) in [6, 6.07) is 10.3. The Hall–Kier alpha value is -2.87. The summed E-state index contributed by atoms with van der Waals surface area (Å²) in [6.07, 6.45) is 1.51. The molecule has 0 bridgehead atoms. The van der Waals surface area contributed by atoms with Gasteiger partial charge in [-0.3, -0.25) is 14.5 Å². The van der Waals surface area contributed by atoms with Crippen molar-refractivity contribution >= 4 is 29.1 Å². The zero-order chi connectivity index (χ0) is 15.8. The van der Waals surface area contributed by atoms with Crippen LogP contribution in [-0.4, -0.2) is 27.8 Å². The molecule has 3 aromatic rings. The molecule has 0 saturated heterocycles. The van der Waals surface area contributed by atoms with Crippen molar-refractivity contribution in [2.24, 2.45) is 0 Å². The van der Waals surface area contributed by atoms with Gasteiger partial charge < -0.3 is 8.83 Å². The molecule has 0 fully saturated rings. The molecule has 1 amide bonds. The summed E-state index contributed by atoms with van der Waals surface area (Å²) in [6.45, 7) is 0. The van der Waals surface area contributed by atoms with E-state index in [2.05, 4.69) is 10.2 Å². The lowest BCUT2D eigenvalue weighted by Gasteiger charge is -2.14. The van der Waals surface area contributed by atoms with Crippen LogP contribution in [0, 0.1) is 0 Å². The van der Waals surface area contributed by atoms with Crippen molar-refractivity contribution in [3.8, 4) is 11.7 Å². The van der Waals surface area contributed by atoms with Gasteiger partial charge in [-0.15, -0.1) is 10.2 Å². The van der Waals surface area contributed by atoms with Crippen LogP contribution in [0.4, 0.5) is 5.69 Å². The molecule has 0 radical (unpaired) electrons. The van der Waals surface area contributed by atoms with Gasteiger partial charge in [-0.2, -0.15) is 0 Å². The van der Waals surface area contributed by atoms with Gasteiger partial charge in [0.2, 0.25) is 0 Å². The maximum Gasteiger partial charge on any atom is 0.300 e. The molecule has 0 aliphatic carbocycles. The zero-order valence-electron chi connectivity index (χ0n) is 11.6. The van der Waals surface area contributed by atoms with Crippen LogP contribution >= 0.6 is 11.8 Å². The number of para-hydroxylation sites is 1. The predicted molar refractivity (Wildman–Crippen MR) is 81.0 cm³/mol. The number of aromatic nitrogens is 2. The second-order valence-corrected chi connectivity index (χ2v) is 5.60. The Labute approximate surface area is 134 Å². The zero-order valence-corrected chi connectivity index (χ0v) is 12.4. The van der Waals surface area contributed by atoms with Crippen LogP contribution in [0.1, 0.15) is 10.4 Å². The van der Waals surface area contributed by atoms with Crippen molar-refractivity contribution in [2.75, 3.05) is 10.8 Å². The number of carbonyl (C=O) groups excluding carboxylic acids is 2. The van der Waals surface area contributed by atoms with Crippen LogP contribution in [-0.2, 0) is 4.79 Å². The molecule has 8 heteroatoms. The minimum absolute atomic E-state index is 0.210. The Morgan fingerprint density at radius 1 is 1.09 bits per heavy atom. The van der Waals surface area contributed by atoms with Gasteiger partial charge in [0, 0.05) is 0 Å². The lowest BCUT2D eigenvalue weighted by atomic mass is 10.1. The molecule has 0 N–H and O–H groups in total. The molecule has 1 aliphatic rings. The molecule has 0 saturated carbocycles. The van der Waals surface area contributed by atoms with Crippen LogP contribution in [0.25, 0.3) is 11.7 Å². The van der Waals surface area contributed by atoms with Gasteiger partial charge in [0.25, 0.3) is 22.8 Å². The first kappa shape index (κ1) is 13.8. The topological polar surface area (TPSA) is 89.4 Å². The van der Waals surface area contributed by atoms with Gasteiger partial charge in [0.1, 0.15) is 0 Å². The van der Waals surface area contributed by atoms with E-state index in [0.29, 0.717) is 22.2 Å². The summed E-state index contributed by atoms with van der Waals surface area (Å²) in [4.78, 5) is 25.4. The Kier molecular flexibility index (Phi) is 3.23. The number of thioether (sulfide) groups is 1. The van der Waals surface area contributed by atoms with Gasteiger partial charge in [-0.25, -0.2) is 0 Å². The number of anilines is 1. The second kappa shape index (κ2) is 5.40. The van der Waals surface area contributed by atoms with Gasteiger partial charge in [0.15, 0.2) is 5.76 Å². The minimum atomic E-state index is -0.551. The standard InChI is InChI=1S/C15H9N3O4S/c19-12-9-4-1-2-5-10(9)18(14(12)20)8-23-15-17-16-13(22-15)11-6-3-7-21-11/h1-7H,8H2. The van der Waals surface area contributed by atoms with E-state index in [0.717, 1.165) is 0 Å². The summed E-state index contributed by atoms with van der Waals surface area (Å²) >= 11 is 1.18. The molecular formula is C15H9N3O4S. The maximum absolute atomic E-state index is 12.1. The van der Waals surface area contributed by atoms with Crippen molar-refractivity contribution < 1.29 is 18.4 Å². The number of rotatable bonds is 4. The third kappa shape index (κ3) is 2.33. The van der Waals surface area contributed by atoms with Gasteiger partial charge in [0.05, 0.1) is 23.4 Å². The molecular weight excluding hydrogens is 318 g/mol. The fourth-order valence-corrected chi connectivity index (χ4v) is 3.00. The van der Waals surface area contributed by atoms with E-state index in [9.17, 15) is 9.59 Å². The lowest BCUT2D eigenvalue weighted by Crippen LogP contribution is -2.29. The fourth-order valence-electron chi connectivity index (χ4n) is 2.26. The largest absolute Gasteiger partial charge is 0.459 e. The maximum atomic E-state index is 12.1. The number of benzene rings is 1. The van der Waals surface area contributed by atoms with Crippen LogP contribution < -0.4 is 4.90 Å². The molecule has 1 aliphatic heterocycles. The molecule has 114 valence electrons. The molecule has 3 heterocycles. The highest BCUT2D eigenvalue weighted by atomic mass is 32.2. The lowest BCUT2D eigenvalue weighted by molar-refractivity contribution is -0.114. The Bertz CT molecular complexity index is 888. The molecule has 0 atom stereocenters. The highest BCUT2D eigenvalue weighted by Gasteiger charge is 2.35. The third-order valence-corrected chi connectivity index (χ3v) is 4.13. The number of amides is 1. The van der Waals surface area contributed by atoms with Crippen LogP contribution in [0.3, 0.4) is 0 Å². The fraction of sp³-hybridized carbons (Fsp3) is 0.0667. The number of furan rings is 1. The number of ketones is 1. The van der Waals surface area contributed by atoms with E-state index >= 15 is 0 Å². The first-order valence-electron chi connectivity index (χ1n) is 6.69. The summed E-state index contributed by atoms with van der Waals surface area (Å²) in [5.74, 6) is -0.0993. The Balaban J connectivity index is 1.52. The normalized spacial score (nSPS) is 13.7. The number of fused-ring (bicyclic) bond motifs is 1. The Morgan fingerprint density at radius 3 is 2.78 bits per heavy atom. The minimum Gasteiger partial charge on any atom is -0.459 e. The molecule has 0 spiro atoms. The summed E-state index contributed by atoms with van der Waals surface area (Å²) in [5, 5.41) is 8.07. The van der Waals surface area contributed by atoms with Gasteiger partial charge in [-0.1, -0.05) is 12.1 Å². The molecule has 7 nitrogen and oxygen atoms in total. The Morgan fingerprint density at radius 2 is 1.96 bits per heavy atom. The first-order valence-corrected chi connectivity index (χ1v) is 7.68. The summed E-state index contributed by atoms with van der Waals surface area (Å²) in [7, 11) is 0. The number of hydrogen-bond acceptors (Lipinski definition) is 7. The average molecular weight is 327 g/mol. The van der Waals surface area contributed by atoms with Gasteiger partial charge in [-0.05, 0) is 36.0 Å². The van der Waals surface area contributed by atoms with Crippen molar-refractivity contribution in [3.63, 3.8) is 0 Å². The number of nitrogens with zero attached hydrogens (tertiary/aromatic N) is 3. The van der Waals surface area contributed by atoms with Gasteiger partial charge >= 0.3 is 0 Å². The highest BCUT2D eigenvalue weighted by Crippen LogP contribution is 2.32. The van der Waals surface area contributed by atoms with Crippen LogP contribution in [0.15, 0.2) is 56.7 Å².